The Morgan fingerprint density at radius 3 is 2.95 bits per heavy atom. The van der Waals surface area contributed by atoms with Crippen molar-refractivity contribution in [1.29, 1.82) is 5.26 Å². The maximum atomic E-state index is 9.21. The first-order valence-corrected chi connectivity index (χ1v) is 6.43. The van der Waals surface area contributed by atoms with Crippen molar-refractivity contribution in [2.24, 2.45) is 0 Å². The number of rotatable bonds is 2. The van der Waals surface area contributed by atoms with Crippen LogP contribution in [0, 0.1) is 18.3 Å². The van der Waals surface area contributed by atoms with Crippen LogP contribution < -0.4 is 4.74 Å². The van der Waals surface area contributed by atoms with Gasteiger partial charge in [0.2, 0.25) is 5.88 Å². The van der Waals surface area contributed by atoms with Crippen molar-refractivity contribution in [3.05, 3.63) is 52.7 Å². The molecule has 0 atom stereocenters. The van der Waals surface area contributed by atoms with E-state index < -0.39 is 0 Å². The van der Waals surface area contributed by atoms with Gasteiger partial charge >= 0.3 is 0 Å². The molecule has 2 aromatic rings. The van der Waals surface area contributed by atoms with Crippen molar-refractivity contribution in [3.8, 4) is 17.7 Å². The summed E-state index contributed by atoms with van der Waals surface area (Å²) in [7, 11) is 0. The first-order valence-electron chi connectivity index (χ1n) is 6.43. The third-order valence-electron chi connectivity index (χ3n) is 3.34. The highest BCUT2D eigenvalue weighted by atomic mass is 16.5. The Bertz CT molecular complexity index is 671. The molecule has 0 bridgehead atoms. The molecule has 1 aliphatic carbocycles. The van der Waals surface area contributed by atoms with Gasteiger partial charge in [-0.15, -0.1) is 0 Å². The summed E-state index contributed by atoms with van der Waals surface area (Å²) in [6, 6.07) is 11.9. The summed E-state index contributed by atoms with van der Waals surface area (Å²) in [4.78, 5) is 4.50. The Morgan fingerprint density at radius 1 is 1.26 bits per heavy atom. The van der Waals surface area contributed by atoms with Gasteiger partial charge in [0.05, 0.1) is 0 Å². The van der Waals surface area contributed by atoms with Gasteiger partial charge in [-0.25, -0.2) is 4.98 Å². The van der Waals surface area contributed by atoms with Gasteiger partial charge in [-0.1, -0.05) is 12.1 Å². The van der Waals surface area contributed by atoms with E-state index >= 15 is 0 Å². The zero-order valence-electron chi connectivity index (χ0n) is 10.8. The summed E-state index contributed by atoms with van der Waals surface area (Å²) in [5, 5.41) is 9.21. The number of aryl methyl sites for hydroxylation is 3. The Labute approximate surface area is 112 Å². The minimum Gasteiger partial charge on any atom is -0.438 e. The molecular weight excluding hydrogens is 236 g/mol. The Kier molecular flexibility index (Phi) is 2.92. The van der Waals surface area contributed by atoms with Gasteiger partial charge in [-0.2, -0.15) is 5.26 Å². The maximum absolute atomic E-state index is 9.21. The van der Waals surface area contributed by atoms with Crippen LogP contribution in [0.25, 0.3) is 0 Å². The average molecular weight is 250 g/mol. The summed E-state index contributed by atoms with van der Waals surface area (Å²) >= 11 is 0. The van der Waals surface area contributed by atoms with Gasteiger partial charge in [0.15, 0.2) is 0 Å². The standard InChI is InChI=1S/C16H14N2O/c1-11-4-2-6-14(8-11)19-16-13(10-17)9-12-5-3-7-15(12)18-16/h2,4,6,8-9H,3,5,7H2,1H3. The molecule has 0 unspecified atom stereocenters. The van der Waals surface area contributed by atoms with E-state index in [2.05, 4.69) is 11.1 Å². The van der Waals surface area contributed by atoms with Crippen LogP contribution in [0.5, 0.6) is 11.6 Å². The maximum Gasteiger partial charge on any atom is 0.237 e. The predicted molar refractivity (Wildman–Crippen MR) is 72.2 cm³/mol. The van der Waals surface area contributed by atoms with E-state index in [0.717, 1.165) is 36.3 Å². The number of fused-ring (bicyclic) bond motifs is 1. The third kappa shape index (κ3) is 2.30. The number of aromatic nitrogens is 1. The number of benzene rings is 1. The topological polar surface area (TPSA) is 45.9 Å². The van der Waals surface area contributed by atoms with E-state index in [9.17, 15) is 5.26 Å². The summed E-state index contributed by atoms with van der Waals surface area (Å²) in [6.45, 7) is 2.01. The lowest BCUT2D eigenvalue weighted by atomic mass is 10.1. The Hall–Kier alpha value is -2.34. The monoisotopic (exact) mass is 250 g/mol. The molecule has 0 radical (unpaired) electrons. The first kappa shape index (κ1) is 11.7. The molecule has 1 aromatic carbocycles. The van der Waals surface area contributed by atoms with Crippen molar-refractivity contribution < 1.29 is 4.74 Å². The molecule has 0 spiro atoms. The smallest absolute Gasteiger partial charge is 0.237 e. The van der Waals surface area contributed by atoms with Gasteiger partial charge in [0.25, 0.3) is 0 Å². The van der Waals surface area contributed by atoms with Crippen LogP contribution in [0.4, 0.5) is 0 Å². The predicted octanol–water partition coefficient (Wildman–Crippen LogP) is 3.54. The van der Waals surface area contributed by atoms with Gasteiger partial charge < -0.3 is 4.74 Å². The van der Waals surface area contributed by atoms with Crippen LogP contribution in [-0.2, 0) is 12.8 Å². The molecule has 0 saturated heterocycles. The number of hydrogen-bond acceptors (Lipinski definition) is 3. The fourth-order valence-electron chi connectivity index (χ4n) is 2.40. The fourth-order valence-corrected chi connectivity index (χ4v) is 2.40. The van der Waals surface area contributed by atoms with Gasteiger partial charge in [0, 0.05) is 5.69 Å². The minimum absolute atomic E-state index is 0.425. The van der Waals surface area contributed by atoms with Gasteiger partial charge in [-0.3, -0.25) is 0 Å². The second-order valence-electron chi connectivity index (χ2n) is 4.83. The van der Waals surface area contributed by atoms with Crippen molar-refractivity contribution in [2.75, 3.05) is 0 Å². The van der Waals surface area contributed by atoms with Crippen LogP contribution in [0.1, 0.15) is 28.8 Å². The first-order chi connectivity index (χ1) is 9.26. The normalized spacial score (nSPS) is 12.8. The molecule has 1 aliphatic rings. The second-order valence-corrected chi connectivity index (χ2v) is 4.83. The second kappa shape index (κ2) is 4.74. The van der Waals surface area contributed by atoms with Crippen molar-refractivity contribution in [2.45, 2.75) is 26.2 Å². The Balaban J connectivity index is 1.99. The number of nitriles is 1. The highest BCUT2D eigenvalue weighted by Gasteiger charge is 2.17. The number of nitrogens with zero attached hydrogens (tertiary/aromatic N) is 2. The SMILES string of the molecule is Cc1cccc(Oc2nc3c(cc2C#N)CCC3)c1. The number of pyridine rings is 1. The van der Waals surface area contributed by atoms with Crippen LogP contribution in [0.2, 0.25) is 0 Å². The molecule has 3 rings (SSSR count). The average Bonchev–Trinajstić information content (AvgIpc) is 2.85. The lowest BCUT2D eigenvalue weighted by Crippen LogP contribution is -1.97. The van der Waals surface area contributed by atoms with Gasteiger partial charge in [0.1, 0.15) is 17.4 Å². The molecule has 19 heavy (non-hydrogen) atoms. The Morgan fingerprint density at radius 2 is 2.16 bits per heavy atom. The molecule has 0 saturated carbocycles. The summed E-state index contributed by atoms with van der Waals surface area (Å²) < 4.78 is 5.77. The van der Waals surface area contributed by atoms with Crippen molar-refractivity contribution in [1.82, 2.24) is 4.98 Å². The van der Waals surface area contributed by atoms with Crippen LogP contribution in [-0.4, -0.2) is 4.98 Å². The summed E-state index contributed by atoms with van der Waals surface area (Å²) in [5.41, 5.74) is 3.90. The van der Waals surface area contributed by atoms with Crippen molar-refractivity contribution in [3.63, 3.8) is 0 Å². The molecule has 3 nitrogen and oxygen atoms in total. The third-order valence-corrected chi connectivity index (χ3v) is 3.34. The van der Waals surface area contributed by atoms with Gasteiger partial charge in [-0.05, 0) is 55.5 Å². The van der Waals surface area contributed by atoms with E-state index in [1.165, 1.54) is 5.56 Å². The fraction of sp³-hybridized carbons (Fsp3) is 0.250. The van der Waals surface area contributed by atoms with Crippen LogP contribution in [0.3, 0.4) is 0 Å². The molecule has 94 valence electrons. The summed E-state index contributed by atoms with van der Waals surface area (Å²) in [6.07, 6.45) is 3.11. The highest BCUT2D eigenvalue weighted by Crippen LogP contribution is 2.29. The number of ether oxygens (including phenoxy) is 1. The van der Waals surface area contributed by atoms with E-state index in [1.807, 2.05) is 37.3 Å². The zero-order valence-corrected chi connectivity index (χ0v) is 10.8. The molecule has 0 aliphatic heterocycles. The molecule has 0 amide bonds. The molecule has 0 N–H and O–H groups in total. The zero-order chi connectivity index (χ0) is 13.2. The molecule has 1 aromatic heterocycles. The lowest BCUT2D eigenvalue weighted by Gasteiger charge is -2.09. The number of hydrogen-bond donors (Lipinski definition) is 0. The summed E-state index contributed by atoms with van der Waals surface area (Å²) in [5.74, 6) is 1.15. The minimum atomic E-state index is 0.425. The molecular formula is C16H14N2O. The molecule has 1 heterocycles. The van der Waals surface area contributed by atoms with E-state index in [1.54, 1.807) is 0 Å². The van der Waals surface area contributed by atoms with Crippen molar-refractivity contribution >= 4 is 0 Å². The van der Waals surface area contributed by atoms with Crippen LogP contribution >= 0.6 is 0 Å². The van der Waals surface area contributed by atoms with E-state index in [-0.39, 0.29) is 0 Å². The van der Waals surface area contributed by atoms with Crippen LogP contribution in [0.15, 0.2) is 30.3 Å². The van der Waals surface area contributed by atoms with E-state index in [0.29, 0.717) is 11.4 Å². The quantitative estimate of drug-likeness (QED) is 0.818. The highest BCUT2D eigenvalue weighted by molar-refractivity contribution is 5.46. The van der Waals surface area contributed by atoms with E-state index in [4.69, 9.17) is 4.74 Å². The largest absolute Gasteiger partial charge is 0.438 e. The lowest BCUT2D eigenvalue weighted by molar-refractivity contribution is 0.459. The molecule has 3 heteroatoms. The molecule has 0 fully saturated rings.